The van der Waals surface area contributed by atoms with Gasteiger partial charge in [0.2, 0.25) is 5.95 Å². The van der Waals surface area contributed by atoms with Crippen LogP contribution in [0, 0.1) is 0 Å². The Balaban J connectivity index is 1.72. The lowest BCUT2D eigenvalue weighted by atomic mass is 9.94. The van der Waals surface area contributed by atoms with E-state index in [1.165, 1.54) is 6.42 Å². The van der Waals surface area contributed by atoms with Crippen molar-refractivity contribution in [2.75, 3.05) is 11.9 Å². The van der Waals surface area contributed by atoms with Gasteiger partial charge in [-0.25, -0.2) is 4.79 Å². The van der Waals surface area contributed by atoms with Gasteiger partial charge in [0.05, 0.1) is 18.3 Å². The molecule has 1 aliphatic carbocycles. The Labute approximate surface area is 188 Å². The fraction of sp³-hybridized carbons (Fsp3) is 0.565. The van der Waals surface area contributed by atoms with Crippen molar-refractivity contribution in [2.45, 2.75) is 78.0 Å². The molecular formula is C23H31N5O4. The third-order valence-corrected chi connectivity index (χ3v) is 5.71. The van der Waals surface area contributed by atoms with Crippen LogP contribution in [0.25, 0.3) is 0 Å². The molecule has 172 valence electrons. The van der Waals surface area contributed by atoms with Gasteiger partial charge in [-0.05, 0) is 81.5 Å². The number of aromatic nitrogens is 4. The molecule has 0 radical (unpaired) electrons. The molecule has 32 heavy (non-hydrogen) atoms. The molecule has 4 rings (SSSR count). The van der Waals surface area contributed by atoms with Crippen LogP contribution >= 0.6 is 0 Å². The Morgan fingerprint density at radius 1 is 1.22 bits per heavy atom. The summed E-state index contributed by atoms with van der Waals surface area (Å²) in [6.07, 6.45) is 5.14. The van der Waals surface area contributed by atoms with Crippen molar-refractivity contribution in [2.24, 2.45) is 0 Å². The van der Waals surface area contributed by atoms with Crippen molar-refractivity contribution in [3.8, 4) is 11.5 Å². The van der Waals surface area contributed by atoms with E-state index >= 15 is 0 Å². The summed E-state index contributed by atoms with van der Waals surface area (Å²) in [7, 11) is 0. The number of esters is 1. The Hall–Kier alpha value is -3.10. The molecule has 1 atom stereocenters. The lowest BCUT2D eigenvalue weighted by molar-refractivity contribution is -0.146. The molecule has 2 aliphatic rings. The maximum Gasteiger partial charge on any atom is 0.338 e. The lowest BCUT2D eigenvalue weighted by Crippen LogP contribution is -2.32. The van der Waals surface area contributed by atoms with E-state index in [-0.39, 0.29) is 18.2 Å². The number of allylic oxidation sites excluding steroid dienone is 1. The molecule has 1 aliphatic heterocycles. The van der Waals surface area contributed by atoms with Crippen LogP contribution in [0.2, 0.25) is 0 Å². The van der Waals surface area contributed by atoms with Crippen molar-refractivity contribution >= 4 is 11.9 Å². The maximum absolute atomic E-state index is 13.4. The number of tetrazole rings is 1. The summed E-state index contributed by atoms with van der Waals surface area (Å²) in [5.74, 6) is 1.41. The second-order valence-electron chi connectivity index (χ2n) is 8.48. The van der Waals surface area contributed by atoms with E-state index in [0.29, 0.717) is 35.3 Å². The Morgan fingerprint density at radius 3 is 2.72 bits per heavy atom. The zero-order valence-electron chi connectivity index (χ0n) is 19.1. The smallest absolute Gasteiger partial charge is 0.338 e. The normalized spacial score (nSPS) is 18.8. The van der Waals surface area contributed by atoms with E-state index in [1.807, 2.05) is 45.9 Å². The largest absolute Gasteiger partial charge is 0.490 e. The van der Waals surface area contributed by atoms with E-state index in [4.69, 9.17) is 14.2 Å². The van der Waals surface area contributed by atoms with Gasteiger partial charge in [0, 0.05) is 5.70 Å². The first-order valence-corrected chi connectivity index (χ1v) is 11.4. The fourth-order valence-electron chi connectivity index (χ4n) is 4.30. The van der Waals surface area contributed by atoms with Gasteiger partial charge in [0.15, 0.2) is 11.5 Å². The van der Waals surface area contributed by atoms with Crippen LogP contribution in [-0.2, 0) is 9.53 Å². The molecule has 0 spiro atoms. The molecule has 0 bridgehead atoms. The first-order chi connectivity index (χ1) is 15.5. The molecule has 1 N–H and O–H groups in total. The molecule has 1 aromatic heterocycles. The van der Waals surface area contributed by atoms with E-state index < -0.39 is 6.04 Å². The minimum absolute atomic E-state index is 0.00762. The molecule has 0 amide bonds. The second kappa shape index (κ2) is 9.58. The predicted octanol–water partition coefficient (Wildman–Crippen LogP) is 4.02. The zero-order chi connectivity index (χ0) is 22.7. The van der Waals surface area contributed by atoms with Crippen LogP contribution in [0.1, 0.15) is 71.4 Å². The summed E-state index contributed by atoms with van der Waals surface area (Å²) in [6, 6.07) is 5.14. The van der Waals surface area contributed by atoms with Gasteiger partial charge in [-0.15, -0.1) is 0 Å². The molecule has 1 saturated carbocycles. The lowest BCUT2D eigenvalue weighted by Gasteiger charge is -2.30. The summed E-state index contributed by atoms with van der Waals surface area (Å²) in [6.45, 7) is 8.20. The van der Waals surface area contributed by atoms with Crippen molar-refractivity contribution in [1.29, 1.82) is 0 Å². The highest BCUT2D eigenvalue weighted by molar-refractivity contribution is 5.92. The zero-order valence-corrected chi connectivity index (χ0v) is 19.1. The number of anilines is 1. The van der Waals surface area contributed by atoms with Gasteiger partial charge in [-0.1, -0.05) is 17.6 Å². The minimum atomic E-state index is -0.537. The molecule has 2 aromatic rings. The Bertz CT molecular complexity index is 994. The number of ether oxygens (including phenoxy) is 3. The van der Waals surface area contributed by atoms with Crippen LogP contribution in [0.4, 0.5) is 5.95 Å². The Morgan fingerprint density at radius 2 is 2.00 bits per heavy atom. The van der Waals surface area contributed by atoms with Gasteiger partial charge in [-0.2, -0.15) is 4.68 Å². The monoisotopic (exact) mass is 441 g/mol. The first-order valence-electron chi connectivity index (χ1n) is 11.4. The van der Waals surface area contributed by atoms with Crippen LogP contribution in [0.15, 0.2) is 29.5 Å². The number of nitrogens with zero attached hydrogens (tertiary/aromatic N) is 4. The molecule has 1 unspecified atom stereocenters. The summed E-state index contributed by atoms with van der Waals surface area (Å²) in [4.78, 5) is 13.4. The number of carbonyl (C=O) groups excluding carboxylic acids is 1. The van der Waals surface area contributed by atoms with Crippen LogP contribution in [-0.4, -0.2) is 45.0 Å². The number of benzene rings is 1. The third-order valence-electron chi connectivity index (χ3n) is 5.71. The molecule has 2 heterocycles. The van der Waals surface area contributed by atoms with Crippen molar-refractivity contribution in [3.05, 3.63) is 35.0 Å². The van der Waals surface area contributed by atoms with Crippen molar-refractivity contribution in [3.63, 3.8) is 0 Å². The molecule has 1 fully saturated rings. The highest BCUT2D eigenvalue weighted by Crippen LogP contribution is 2.39. The summed E-state index contributed by atoms with van der Waals surface area (Å²) in [5.41, 5.74) is 1.99. The SMILES string of the molecule is CCOc1cc(C2C(C(=O)OC3CCCCC3)=C(C)Nc3nnnn32)ccc1OC(C)C. The Kier molecular flexibility index (Phi) is 6.62. The summed E-state index contributed by atoms with van der Waals surface area (Å²) in [5, 5.41) is 15.2. The predicted molar refractivity (Wildman–Crippen MR) is 119 cm³/mol. The van der Waals surface area contributed by atoms with Gasteiger partial charge in [0.1, 0.15) is 12.1 Å². The standard InChI is InChI=1S/C23H31N5O4/c1-5-30-19-13-16(11-12-18(19)31-14(2)3)21-20(15(4)24-23-25-26-27-28(21)23)22(29)32-17-9-7-6-8-10-17/h11-14,17,21H,5-10H2,1-4H3,(H,24,25,27). The number of carbonyl (C=O) groups is 1. The number of fused-ring (bicyclic) bond motifs is 1. The maximum atomic E-state index is 13.4. The van der Waals surface area contributed by atoms with Gasteiger partial charge in [-0.3, -0.25) is 0 Å². The number of rotatable bonds is 7. The van der Waals surface area contributed by atoms with E-state index in [2.05, 4.69) is 20.8 Å². The average Bonchev–Trinajstić information content (AvgIpc) is 3.22. The molecule has 9 nitrogen and oxygen atoms in total. The molecule has 0 saturated heterocycles. The quantitative estimate of drug-likeness (QED) is 0.643. The molecule has 9 heteroatoms. The number of hydrogen-bond donors (Lipinski definition) is 1. The number of hydrogen-bond acceptors (Lipinski definition) is 8. The van der Waals surface area contributed by atoms with Gasteiger partial charge >= 0.3 is 5.97 Å². The second-order valence-corrected chi connectivity index (χ2v) is 8.48. The third kappa shape index (κ3) is 4.56. The summed E-state index contributed by atoms with van der Waals surface area (Å²) < 4.78 is 19.3. The molecular weight excluding hydrogens is 410 g/mol. The van der Waals surface area contributed by atoms with Crippen molar-refractivity contribution in [1.82, 2.24) is 20.2 Å². The number of nitrogens with one attached hydrogen (secondary N) is 1. The molecule has 1 aromatic carbocycles. The van der Waals surface area contributed by atoms with Gasteiger partial charge < -0.3 is 19.5 Å². The minimum Gasteiger partial charge on any atom is -0.490 e. The van der Waals surface area contributed by atoms with Crippen molar-refractivity contribution < 1.29 is 19.0 Å². The average molecular weight is 442 g/mol. The van der Waals surface area contributed by atoms with E-state index in [0.717, 1.165) is 31.2 Å². The first kappa shape index (κ1) is 22.1. The van der Waals surface area contributed by atoms with E-state index in [1.54, 1.807) is 4.68 Å². The van der Waals surface area contributed by atoms with E-state index in [9.17, 15) is 4.79 Å². The van der Waals surface area contributed by atoms with Gasteiger partial charge in [0.25, 0.3) is 0 Å². The fourth-order valence-corrected chi connectivity index (χ4v) is 4.30. The van der Waals surface area contributed by atoms with Crippen LogP contribution in [0.3, 0.4) is 0 Å². The van der Waals surface area contributed by atoms with Crippen LogP contribution in [0.5, 0.6) is 11.5 Å². The highest BCUT2D eigenvalue weighted by Gasteiger charge is 2.36. The topological polar surface area (TPSA) is 100 Å². The highest BCUT2D eigenvalue weighted by atomic mass is 16.5. The van der Waals surface area contributed by atoms with Crippen LogP contribution < -0.4 is 14.8 Å². The summed E-state index contributed by atoms with van der Waals surface area (Å²) >= 11 is 0.